The number of amides is 2. The van der Waals surface area contributed by atoms with Gasteiger partial charge in [0.15, 0.2) is 5.16 Å². The molecule has 4 aromatic rings. The highest BCUT2D eigenvalue weighted by Gasteiger charge is 2.32. The van der Waals surface area contributed by atoms with Crippen molar-refractivity contribution in [3.05, 3.63) is 94.6 Å². The molecule has 202 valence electrons. The van der Waals surface area contributed by atoms with Crippen molar-refractivity contribution in [1.29, 1.82) is 0 Å². The molecular weight excluding hydrogens is 568 g/mol. The van der Waals surface area contributed by atoms with E-state index in [2.05, 4.69) is 10.3 Å². The molecule has 1 saturated heterocycles. The third-order valence-electron chi connectivity index (χ3n) is 6.00. The molecule has 1 fully saturated rings. The molecule has 0 aliphatic carbocycles. The first-order valence-corrected chi connectivity index (χ1v) is 14.5. The Morgan fingerprint density at radius 1 is 1.10 bits per heavy atom. The second-order valence-corrected chi connectivity index (χ2v) is 11.6. The highest BCUT2D eigenvalue weighted by molar-refractivity contribution is 8.26. The molecule has 0 saturated carbocycles. The number of thiocarbonyl (C=S) groups is 1. The highest BCUT2D eigenvalue weighted by atomic mass is 32.2. The van der Waals surface area contributed by atoms with Crippen molar-refractivity contribution < 1.29 is 18.8 Å². The zero-order valence-electron chi connectivity index (χ0n) is 21.3. The Kier molecular flexibility index (Phi) is 8.43. The van der Waals surface area contributed by atoms with Crippen LogP contribution in [0.5, 0.6) is 0 Å². The normalized spacial score (nSPS) is 14.3. The number of aryl methyl sites for hydroxylation is 1. The van der Waals surface area contributed by atoms with Crippen molar-refractivity contribution in [3.63, 3.8) is 0 Å². The molecule has 11 heteroatoms. The van der Waals surface area contributed by atoms with E-state index in [9.17, 15) is 18.8 Å². The smallest absolute Gasteiger partial charge is 0.266 e. The van der Waals surface area contributed by atoms with Gasteiger partial charge in [0.05, 0.1) is 21.7 Å². The molecule has 2 heterocycles. The largest absolute Gasteiger partial charge is 0.325 e. The zero-order valence-corrected chi connectivity index (χ0v) is 23.7. The Hall–Kier alpha value is -3.80. The SMILES string of the molecule is Cc1cccc(NC(=O)CSc2nc3ccccc3n2C(=O)CCN2C(=O)C(=Cc3ccc(F)cc3)SC2=S)c1. The summed E-state index contributed by atoms with van der Waals surface area (Å²) in [5.74, 6) is -1.09. The van der Waals surface area contributed by atoms with Crippen LogP contribution >= 0.6 is 35.7 Å². The van der Waals surface area contributed by atoms with Crippen LogP contribution in [0.1, 0.15) is 22.3 Å². The van der Waals surface area contributed by atoms with Crippen molar-refractivity contribution in [2.24, 2.45) is 0 Å². The number of thioether (sulfide) groups is 2. The summed E-state index contributed by atoms with van der Waals surface area (Å²) < 4.78 is 15.1. The summed E-state index contributed by atoms with van der Waals surface area (Å²) in [7, 11) is 0. The van der Waals surface area contributed by atoms with E-state index in [1.165, 1.54) is 33.4 Å². The van der Waals surface area contributed by atoms with Crippen LogP contribution in [0.3, 0.4) is 0 Å². The lowest BCUT2D eigenvalue weighted by atomic mass is 10.2. The molecule has 1 aliphatic heterocycles. The van der Waals surface area contributed by atoms with Crippen molar-refractivity contribution in [1.82, 2.24) is 14.5 Å². The monoisotopic (exact) mass is 590 g/mol. The molecule has 0 atom stereocenters. The van der Waals surface area contributed by atoms with Gasteiger partial charge >= 0.3 is 0 Å². The number of para-hydroxylation sites is 2. The molecule has 0 radical (unpaired) electrons. The predicted molar refractivity (Wildman–Crippen MR) is 162 cm³/mol. The van der Waals surface area contributed by atoms with Crippen molar-refractivity contribution >= 4 is 80.6 Å². The Labute approximate surface area is 243 Å². The number of halogens is 1. The molecule has 40 heavy (non-hydrogen) atoms. The van der Waals surface area contributed by atoms with Gasteiger partial charge in [-0.15, -0.1) is 0 Å². The fraction of sp³-hybridized carbons (Fsp3) is 0.138. The van der Waals surface area contributed by atoms with E-state index in [1.54, 1.807) is 30.3 Å². The molecule has 1 aliphatic rings. The molecule has 3 aromatic carbocycles. The minimum atomic E-state index is -0.361. The second kappa shape index (κ2) is 12.2. The van der Waals surface area contributed by atoms with Gasteiger partial charge in [0.25, 0.3) is 5.91 Å². The summed E-state index contributed by atoms with van der Waals surface area (Å²) in [4.78, 5) is 45.5. The van der Waals surface area contributed by atoms with Gasteiger partial charge in [0.1, 0.15) is 10.1 Å². The maximum absolute atomic E-state index is 13.5. The molecule has 1 aromatic heterocycles. The van der Waals surface area contributed by atoms with Gasteiger partial charge in [-0.1, -0.05) is 72.1 Å². The van der Waals surface area contributed by atoms with Crippen LogP contribution in [0.2, 0.25) is 0 Å². The number of rotatable bonds is 8. The van der Waals surface area contributed by atoms with Gasteiger partial charge in [-0.2, -0.15) is 0 Å². The minimum absolute atomic E-state index is 0.000326. The van der Waals surface area contributed by atoms with Gasteiger partial charge < -0.3 is 5.32 Å². The van der Waals surface area contributed by atoms with Crippen LogP contribution in [0.4, 0.5) is 10.1 Å². The fourth-order valence-electron chi connectivity index (χ4n) is 4.11. The minimum Gasteiger partial charge on any atom is -0.325 e. The number of anilines is 1. The molecule has 0 spiro atoms. The lowest BCUT2D eigenvalue weighted by molar-refractivity contribution is -0.122. The average Bonchev–Trinajstić information content (AvgIpc) is 3.43. The zero-order chi connectivity index (χ0) is 28.2. The summed E-state index contributed by atoms with van der Waals surface area (Å²) in [6.07, 6.45) is 1.65. The van der Waals surface area contributed by atoms with Crippen molar-refractivity contribution in [2.75, 3.05) is 17.6 Å². The topological polar surface area (TPSA) is 84.3 Å². The molecule has 1 N–H and O–H groups in total. The van der Waals surface area contributed by atoms with E-state index in [4.69, 9.17) is 12.2 Å². The van der Waals surface area contributed by atoms with Gasteiger partial charge in [0, 0.05) is 18.7 Å². The molecule has 2 amide bonds. The number of hydrogen-bond donors (Lipinski definition) is 1. The van der Waals surface area contributed by atoms with Crippen LogP contribution < -0.4 is 5.32 Å². The average molecular weight is 591 g/mol. The first-order valence-electron chi connectivity index (χ1n) is 12.3. The third-order valence-corrected chi connectivity index (χ3v) is 8.32. The standard InChI is InChI=1S/C29H23FN4O3S3/c1-18-5-4-6-21(15-18)31-25(35)17-39-28-32-22-7-2-3-8-23(22)34(28)26(36)13-14-33-27(37)24(40-29(33)38)16-19-9-11-20(30)12-10-19/h2-12,15-16H,13-14,17H2,1H3,(H,31,35). The maximum atomic E-state index is 13.5. The van der Waals surface area contributed by atoms with E-state index < -0.39 is 0 Å². The van der Waals surface area contributed by atoms with E-state index in [-0.39, 0.29) is 42.3 Å². The number of nitrogens with zero attached hydrogens (tertiary/aromatic N) is 3. The first kappa shape index (κ1) is 27.8. The quantitative estimate of drug-likeness (QED) is 0.150. The number of carbonyl (C=O) groups is 3. The van der Waals surface area contributed by atoms with Gasteiger partial charge in [-0.3, -0.25) is 23.9 Å². The number of fused-ring (bicyclic) bond motifs is 1. The van der Waals surface area contributed by atoms with Crippen LogP contribution in [0.25, 0.3) is 17.1 Å². The summed E-state index contributed by atoms with van der Waals surface area (Å²) in [6, 6.07) is 20.6. The number of imidazole rings is 1. The second-order valence-electron chi connectivity index (χ2n) is 8.95. The summed E-state index contributed by atoms with van der Waals surface area (Å²) in [5, 5.41) is 3.26. The predicted octanol–water partition coefficient (Wildman–Crippen LogP) is 6.15. The number of benzene rings is 3. The summed E-state index contributed by atoms with van der Waals surface area (Å²) in [6.45, 7) is 2.04. The summed E-state index contributed by atoms with van der Waals surface area (Å²) >= 11 is 7.72. The van der Waals surface area contributed by atoms with E-state index in [0.29, 0.717) is 36.7 Å². The lowest BCUT2D eigenvalue weighted by Gasteiger charge is -2.15. The summed E-state index contributed by atoms with van der Waals surface area (Å²) in [5.41, 5.74) is 3.66. The molecule has 7 nitrogen and oxygen atoms in total. The van der Waals surface area contributed by atoms with Gasteiger partial charge in [0.2, 0.25) is 11.8 Å². The van der Waals surface area contributed by atoms with E-state index in [1.807, 2.05) is 43.3 Å². The maximum Gasteiger partial charge on any atom is 0.266 e. The van der Waals surface area contributed by atoms with Gasteiger partial charge in [-0.25, -0.2) is 9.37 Å². The Balaban J connectivity index is 1.28. The Morgan fingerprint density at radius 2 is 1.88 bits per heavy atom. The van der Waals surface area contributed by atoms with E-state index in [0.717, 1.165) is 17.3 Å². The number of aromatic nitrogens is 2. The van der Waals surface area contributed by atoms with Gasteiger partial charge in [-0.05, 0) is 60.5 Å². The van der Waals surface area contributed by atoms with E-state index >= 15 is 0 Å². The first-order chi connectivity index (χ1) is 19.3. The lowest BCUT2D eigenvalue weighted by Crippen LogP contribution is -2.31. The molecule has 0 unspecified atom stereocenters. The Bertz CT molecular complexity index is 1670. The third kappa shape index (κ3) is 6.33. The number of hydrogen-bond acceptors (Lipinski definition) is 7. The van der Waals surface area contributed by atoms with Crippen LogP contribution in [0, 0.1) is 12.7 Å². The number of nitrogens with one attached hydrogen (secondary N) is 1. The molecule has 5 rings (SSSR count). The Morgan fingerprint density at radius 3 is 2.65 bits per heavy atom. The van der Waals surface area contributed by atoms with Crippen molar-refractivity contribution in [2.45, 2.75) is 18.5 Å². The molecule has 0 bridgehead atoms. The van der Waals surface area contributed by atoms with Crippen LogP contribution in [-0.4, -0.2) is 48.8 Å². The molecular formula is C29H23FN4O3S3. The van der Waals surface area contributed by atoms with Crippen LogP contribution in [-0.2, 0) is 9.59 Å². The van der Waals surface area contributed by atoms with Crippen LogP contribution in [0.15, 0.2) is 82.9 Å². The van der Waals surface area contributed by atoms with Crippen molar-refractivity contribution in [3.8, 4) is 0 Å². The highest BCUT2D eigenvalue weighted by Crippen LogP contribution is 2.33. The fourth-order valence-corrected chi connectivity index (χ4v) is 6.25. The number of carbonyl (C=O) groups excluding carboxylic acids is 3.